The van der Waals surface area contributed by atoms with Gasteiger partial charge in [-0.3, -0.25) is 15.0 Å². The van der Waals surface area contributed by atoms with E-state index in [0.29, 0.717) is 17.1 Å². The van der Waals surface area contributed by atoms with Crippen LogP contribution in [0.25, 0.3) is 0 Å². The fourth-order valence-electron chi connectivity index (χ4n) is 2.28. The van der Waals surface area contributed by atoms with Gasteiger partial charge in [0, 0.05) is 31.2 Å². The van der Waals surface area contributed by atoms with Gasteiger partial charge in [0.05, 0.1) is 10.6 Å². The van der Waals surface area contributed by atoms with Crippen molar-refractivity contribution < 1.29 is 14.5 Å². The van der Waals surface area contributed by atoms with Crippen molar-refractivity contribution >= 4 is 17.6 Å². The average Bonchev–Trinajstić information content (AvgIpc) is 2.54. The van der Waals surface area contributed by atoms with Gasteiger partial charge in [0.15, 0.2) is 0 Å². The zero-order valence-corrected chi connectivity index (χ0v) is 15.5. The molecule has 0 unspecified atom stereocenters. The number of nitrogens with zero attached hydrogens (tertiary/aromatic N) is 4. The van der Waals surface area contributed by atoms with Gasteiger partial charge in [-0.05, 0) is 33.3 Å². The third-order valence-corrected chi connectivity index (χ3v) is 3.53. The highest BCUT2D eigenvalue weighted by molar-refractivity contribution is 5.85. The molecule has 1 amide bonds. The Bertz CT molecular complexity index is 830. The number of carbonyl (C=O) groups excluding carboxylic acids is 1. The summed E-state index contributed by atoms with van der Waals surface area (Å²) < 4.78 is 5.31. The first-order valence-electron chi connectivity index (χ1n) is 8.08. The van der Waals surface area contributed by atoms with Crippen molar-refractivity contribution in [3.63, 3.8) is 0 Å². The molecule has 138 valence electrons. The molecule has 8 nitrogen and oxygen atoms in total. The van der Waals surface area contributed by atoms with Gasteiger partial charge in [-0.15, -0.1) is 0 Å². The van der Waals surface area contributed by atoms with Crippen LogP contribution < -0.4 is 4.90 Å². The molecule has 2 rings (SSSR count). The molecule has 0 N–H and O–H groups in total. The van der Waals surface area contributed by atoms with Crippen molar-refractivity contribution in [2.45, 2.75) is 39.7 Å². The zero-order valence-electron chi connectivity index (χ0n) is 15.5. The highest BCUT2D eigenvalue weighted by Crippen LogP contribution is 2.23. The zero-order chi connectivity index (χ0) is 19.5. The highest BCUT2D eigenvalue weighted by atomic mass is 16.6. The van der Waals surface area contributed by atoms with Crippen LogP contribution in [-0.4, -0.2) is 33.6 Å². The van der Waals surface area contributed by atoms with Crippen LogP contribution >= 0.6 is 0 Å². The monoisotopic (exact) mass is 358 g/mol. The lowest BCUT2D eigenvalue weighted by Gasteiger charge is -2.24. The first-order valence-corrected chi connectivity index (χ1v) is 8.08. The minimum Gasteiger partial charge on any atom is -0.443 e. The Morgan fingerprint density at radius 2 is 1.96 bits per heavy atom. The number of ether oxygens (including phenoxy) is 1. The molecule has 8 heteroatoms. The summed E-state index contributed by atoms with van der Waals surface area (Å²) in [5, 5.41) is 11.3. The van der Waals surface area contributed by atoms with Crippen LogP contribution in [0.5, 0.6) is 0 Å². The maximum Gasteiger partial charge on any atom is 0.415 e. The number of hydrogen-bond donors (Lipinski definition) is 0. The van der Waals surface area contributed by atoms with Gasteiger partial charge < -0.3 is 4.74 Å². The molecule has 0 bridgehead atoms. The van der Waals surface area contributed by atoms with Gasteiger partial charge in [-0.25, -0.2) is 14.8 Å². The van der Waals surface area contributed by atoms with Gasteiger partial charge in [0.1, 0.15) is 17.7 Å². The summed E-state index contributed by atoms with van der Waals surface area (Å²) >= 11 is 0. The van der Waals surface area contributed by atoms with Crippen LogP contribution in [0.3, 0.4) is 0 Å². The van der Waals surface area contributed by atoms with Crippen LogP contribution in [0.1, 0.15) is 37.6 Å². The van der Waals surface area contributed by atoms with Crippen molar-refractivity contribution in [1.82, 2.24) is 9.97 Å². The predicted octanol–water partition coefficient (Wildman–Crippen LogP) is 3.66. The summed E-state index contributed by atoms with van der Waals surface area (Å²) in [7, 11) is 1.55. The largest absolute Gasteiger partial charge is 0.443 e. The summed E-state index contributed by atoms with van der Waals surface area (Å²) in [5.74, 6) is 0.360. The molecule has 1 heterocycles. The Labute approximate surface area is 152 Å². The van der Waals surface area contributed by atoms with Crippen molar-refractivity contribution in [1.29, 1.82) is 0 Å². The Morgan fingerprint density at radius 1 is 1.27 bits per heavy atom. The van der Waals surface area contributed by atoms with Crippen molar-refractivity contribution in [3.8, 4) is 0 Å². The molecule has 0 saturated carbocycles. The Morgan fingerprint density at radius 3 is 2.58 bits per heavy atom. The second-order valence-corrected chi connectivity index (χ2v) is 6.97. The van der Waals surface area contributed by atoms with E-state index in [9.17, 15) is 14.9 Å². The van der Waals surface area contributed by atoms with Crippen LogP contribution in [0.4, 0.5) is 16.3 Å². The predicted molar refractivity (Wildman–Crippen MR) is 97.3 cm³/mol. The number of nitro benzene ring substituents is 1. The number of hydrogen-bond acceptors (Lipinski definition) is 6. The number of aromatic nitrogens is 2. The molecule has 26 heavy (non-hydrogen) atoms. The van der Waals surface area contributed by atoms with E-state index in [2.05, 4.69) is 9.97 Å². The SMILES string of the molecule is Cc1ccc(Cc2cc(N(C)C(=O)OC(C)(C)C)ncn2)c([N+](=O)[O-])c1. The standard InChI is InChI=1S/C18H22N4O4/c1-12-6-7-13(15(8-12)22(24)25)9-14-10-16(20-11-19-14)21(5)17(23)26-18(2,3)4/h6-8,10-11H,9H2,1-5H3. The Hall–Kier alpha value is -3.03. The van der Waals surface area contributed by atoms with Gasteiger partial charge in [0.2, 0.25) is 0 Å². The van der Waals surface area contributed by atoms with Crippen LogP contribution in [-0.2, 0) is 11.2 Å². The Balaban J connectivity index is 2.25. The lowest BCUT2D eigenvalue weighted by atomic mass is 10.0. The fourth-order valence-corrected chi connectivity index (χ4v) is 2.28. The summed E-state index contributed by atoms with van der Waals surface area (Å²) in [5.41, 5.74) is 1.35. The van der Waals surface area contributed by atoms with Crippen molar-refractivity contribution in [2.24, 2.45) is 0 Å². The van der Waals surface area contributed by atoms with Crippen LogP contribution in [0.15, 0.2) is 30.6 Å². The summed E-state index contributed by atoms with van der Waals surface area (Å²) in [4.78, 5) is 32.5. The number of nitro groups is 1. The van der Waals surface area contributed by atoms with E-state index in [-0.39, 0.29) is 12.1 Å². The second kappa shape index (κ2) is 7.47. The third kappa shape index (κ3) is 4.98. The highest BCUT2D eigenvalue weighted by Gasteiger charge is 2.22. The third-order valence-electron chi connectivity index (χ3n) is 3.53. The maximum absolute atomic E-state index is 12.2. The van der Waals surface area contributed by atoms with E-state index in [1.165, 1.54) is 17.3 Å². The van der Waals surface area contributed by atoms with Gasteiger partial charge in [-0.2, -0.15) is 0 Å². The fraction of sp³-hybridized carbons (Fsp3) is 0.389. The lowest BCUT2D eigenvalue weighted by Crippen LogP contribution is -2.34. The minimum atomic E-state index is -0.621. The van der Waals surface area contributed by atoms with Crippen molar-refractivity contribution in [3.05, 3.63) is 57.5 Å². The quantitative estimate of drug-likeness (QED) is 0.611. The summed E-state index contributed by atoms with van der Waals surface area (Å²) in [6.07, 6.45) is 1.04. The first kappa shape index (κ1) is 19.3. The number of aryl methyl sites for hydroxylation is 1. The first-order chi connectivity index (χ1) is 12.1. The second-order valence-electron chi connectivity index (χ2n) is 6.97. The van der Waals surface area contributed by atoms with Crippen LogP contribution in [0.2, 0.25) is 0 Å². The molecule has 1 aromatic carbocycles. The van der Waals surface area contributed by atoms with E-state index in [1.54, 1.807) is 46.9 Å². The molecule has 0 aliphatic carbocycles. The molecule has 0 atom stereocenters. The molecule has 0 radical (unpaired) electrons. The molecular formula is C18H22N4O4. The average molecular weight is 358 g/mol. The normalized spacial score (nSPS) is 11.1. The van der Waals surface area contributed by atoms with E-state index < -0.39 is 16.6 Å². The number of rotatable bonds is 4. The molecule has 0 saturated heterocycles. The van der Waals surface area contributed by atoms with E-state index in [4.69, 9.17) is 4.74 Å². The van der Waals surface area contributed by atoms with E-state index in [0.717, 1.165) is 5.56 Å². The molecule has 2 aromatic rings. The molecule has 0 spiro atoms. The van der Waals surface area contributed by atoms with E-state index in [1.807, 2.05) is 6.07 Å². The van der Waals surface area contributed by atoms with Gasteiger partial charge >= 0.3 is 6.09 Å². The number of anilines is 1. The number of amides is 1. The summed E-state index contributed by atoms with van der Waals surface area (Å²) in [6, 6.07) is 6.68. The van der Waals surface area contributed by atoms with Crippen LogP contribution in [0, 0.1) is 17.0 Å². The Kier molecular flexibility index (Phi) is 5.54. The number of carbonyl (C=O) groups is 1. The van der Waals surface area contributed by atoms with Crippen molar-refractivity contribution in [2.75, 3.05) is 11.9 Å². The molecule has 0 aliphatic rings. The van der Waals surface area contributed by atoms with E-state index >= 15 is 0 Å². The molecule has 0 aliphatic heterocycles. The molecule has 1 aromatic heterocycles. The molecule has 0 fully saturated rings. The van der Waals surface area contributed by atoms with Gasteiger partial charge in [-0.1, -0.05) is 12.1 Å². The number of benzene rings is 1. The maximum atomic E-state index is 12.2. The minimum absolute atomic E-state index is 0.0469. The van der Waals surface area contributed by atoms with Gasteiger partial charge in [0.25, 0.3) is 5.69 Å². The molecular weight excluding hydrogens is 336 g/mol. The topological polar surface area (TPSA) is 98.5 Å². The summed E-state index contributed by atoms with van der Waals surface area (Å²) in [6.45, 7) is 7.14. The smallest absolute Gasteiger partial charge is 0.415 e. The lowest BCUT2D eigenvalue weighted by molar-refractivity contribution is -0.385.